The fourth-order valence-corrected chi connectivity index (χ4v) is 1.38. The third-order valence-electron chi connectivity index (χ3n) is 1.35. The highest BCUT2D eigenvalue weighted by molar-refractivity contribution is 9.56. The zero-order valence-electron chi connectivity index (χ0n) is 7.32. The van der Waals surface area contributed by atoms with Gasteiger partial charge in [-0.1, -0.05) is 6.07 Å². The first-order chi connectivity index (χ1) is 7.01. The van der Waals surface area contributed by atoms with Crippen molar-refractivity contribution in [3.05, 3.63) is 24.3 Å². The van der Waals surface area contributed by atoms with Crippen LogP contribution in [-0.2, 0) is 4.79 Å². The standard InChI is InChI=1S/C8H6BrF2NO2S/c9-15(10,11)6-14-8-3-1-2-7(4-8)12-5-13/h1-4H,6H2. The highest BCUT2D eigenvalue weighted by Crippen LogP contribution is 2.58. The van der Waals surface area contributed by atoms with Crippen molar-refractivity contribution in [2.45, 2.75) is 0 Å². The number of rotatable bonds is 4. The van der Waals surface area contributed by atoms with Gasteiger partial charge in [-0.05, 0) is 12.1 Å². The number of nitrogens with zero attached hydrogens (tertiary/aromatic N) is 1. The third-order valence-corrected chi connectivity index (χ3v) is 2.30. The van der Waals surface area contributed by atoms with E-state index in [4.69, 9.17) is 4.74 Å². The van der Waals surface area contributed by atoms with E-state index in [1.807, 2.05) is 0 Å². The predicted molar refractivity (Wildman–Crippen MR) is 58.5 cm³/mol. The number of ether oxygens (including phenoxy) is 1. The van der Waals surface area contributed by atoms with E-state index in [0.29, 0.717) is 5.69 Å². The van der Waals surface area contributed by atoms with Crippen molar-refractivity contribution < 1.29 is 17.3 Å². The average molecular weight is 298 g/mol. The van der Waals surface area contributed by atoms with Crippen LogP contribution in [-0.4, -0.2) is 12.0 Å². The van der Waals surface area contributed by atoms with E-state index in [9.17, 15) is 12.6 Å². The normalized spacial score (nSPS) is 11.7. The largest absolute Gasteiger partial charge is 0.479 e. The Labute approximate surface area is 94.3 Å². The fourth-order valence-electron chi connectivity index (χ4n) is 0.830. The van der Waals surface area contributed by atoms with Crippen LogP contribution < -0.4 is 4.74 Å². The minimum absolute atomic E-state index is 0.234. The molecule has 7 heteroatoms. The maximum absolute atomic E-state index is 12.4. The van der Waals surface area contributed by atoms with Gasteiger partial charge in [-0.25, -0.2) is 4.79 Å². The molecule has 0 amide bonds. The number of isocyanates is 1. The molecule has 0 aliphatic carbocycles. The van der Waals surface area contributed by atoms with E-state index in [1.54, 1.807) is 6.07 Å². The third kappa shape index (κ3) is 4.92. The lowest BCUT2D eigenvalue weighted by Crippen LogP contribution is -1.96. The molecule has 0 bridgehead atoms. The Morgan fingerprint density at radius 2 is 2.27 bits per heavy atom. The van der Waals surface area contributed by atoms with Gasteiger partial charge in [-0.2, -0.15) is 4.99 Å². The molecule has 0 aromatic heterocycles. The van der Waals surface area contributed by atoms with Crippen molar-refractivity contribution in [1.29, 1.82) is 0 Å². The van der Waals surface area contributed by atoms with Gasteiger partial charge in [0.15, 0.2) is 15.2 Å². The summed E-state index contributed by atoms with van der Waals surface area (Å²) in [5, 5.41) is 0. The van der Waals surface area contributed by atoms with Gasteiger partial charge in [0.25, 0.3) is 0 Å². The summed E-state index contributed by atoms with van der Waals surface area (Å²) in [6.07, 6.45) is 1.35. The van der Waals surface area contributed by atoms with E-state index < -0.39 is 15.2 Å². The molecule has 0 heterocycles. The molecule has 1 rings (SSSR count). The summed E-state index contributed by atoms with van der Waals surface area (Å²) in [6.45, 7) is 0. The molecule has 0 aliphatic rings. The van der Waals surface area contributed by atoms with Crippen molar-refractivity contribution in [1.82, 2.24) is 0 Å². The van der Waals surface area contributed by atoms with Crippen LogP contribution in [0.15, 0.2) is 29.3 Å². The zero-order chi connectivity index (χ0) is 11.3. The van der Waals surface area contributed by atoms with E-state index in [0.717, 1.165) is 0 Å². The molecule has 0 radical (unpaired) electrons. The van der Waals surface area contributed by atoms with Crippen LogP contribution in [0.3, 0.4) is 0 Å². The lowest BCUT2D eigenvalue weighted by Gasteiger charge is -2.13. The molecule has 1 aromatic carbocycles. The van der Waals surface area contributed by atoms with Crippen molar-refractivity contribution in [2.75, 3.05) is 5.94 Å². The summed E-state index contributed by atoms with van der Waals surface area (Å²) in [4.78, 5) is 13.3. The van der Waals surface area contributed by atoms with Gasteiger partial charge in [-0.3, -0.25) is 0 Å². The highest BCUT2D eigenvalue weighted by Gasteiger charge is 2.18. The average Bonchev–Trinajstić information content (AvgIpc) is 2.15. The second-order valence-electron chi connectivity index (χ2n) is 2.46. The van der Waals surface area contributed by atoms with E-state index in [2.05, 4.69) is 19.8 Å². The molecule has 0 saturated heterocycles. The molecule has 0 spiro atoms. The van der Waals surface area contributed by atoms with Gasteiger partial charge >= 0.3 is 0 Å². The van der Waals surface area contributed by atoms with Crippen LogP contribution in [0.4, 0.5) is 13.5 Å². The van der Waals surface area contributed by atoms with Crippen molar-refractivity contribution in [3.63, 3.8) is 0 Å². The van der Waals surface area contributed by atoms with Gasteiger partial charge < -0.3 is 4.74 Å². The number of hydrogen-bond donors (Lipinski definition) is 0. The lowest BCUT2D eigenvalue weighted by molar-refractivity contribution is 0.380. The van der Waals surface area contributed by atoms with Gasteiger partial charge in [-0.15, -0.1) is 7.77 Å². The van der Waals surface area contributed by atoms with Crippen LogP contribution >= 0.6 is 24.0 Å². The number of aliphatic imine (C=N–C) groups is 1. The monoisotopic (exact) mass is 297 g/mol. The summed E-state index contributed by atoms with van der Waals surface area (Å²) in [5.74, 6) is -0.473. The van der Waals surface area contributed by atoms with Crippen LogP contribution in [0.1, 0.15) is 0 Å². The molecule has 0 atom stereocenters. The van der Waals surface area contributed by atoms with Crippen molar-refractivity contribution in [3.8, 4) is 5.75 Å². The molecule has 1 aromatic rings. The Morgan fingerprint density at radius 1 is 1.53 bits per heavy atom. The van der Waals surface area contributed by atoms with Crippen LogP contribution in [0, 0.1) is 0 Å². The van der Waals surface area contributed by atoms with Crippen molar-refractivity contribution in [2.24, 2.45) is 4.99 Å². The molecule has 82 valence electrons. The summed E-state index contributed by atoms with van der Waals surface area (Å²) >= 11 is 2.22. The van der Waals surface area contributed by atoms with E-state index >= 15 is 0 Å². The first kappa shape index (κ1) is 12.2. The molecule has 0 aliphatic heterocycles. The summed E-state index contributed by atoms with van der Waals surface area (Å²) in [6, 6.07) is 5.97. The smallest absolute Gasteiger partial charge is 0.240 e. The maximum atomic E-state index is 12.4. The molecule has 15 heavy (non-hydrogen) atoms. The minimum Gasteiger partial charge on any atom is -0.479 e. The topological polar surface area (TPSA) is 38.7 Å². The lowest BCUT2D eigenvalue weighted by atomic mass is 10.3. The number of halogens is 3. The van der Waals surface area contributed by atoms with Crippen LogP contribution in [0.5, 0.6) is 5.75 Å². The summed E-state index contributed by atoms with van der Waals surface area (Å²) in [5.41, 5.74) is 0.315. The number of carbonyl (C=O) groups excluding carboxylic acids is 1. The number of benzene rings is 1. The highest BCUT2D eigenvalue weighted by atomic mass is 79.9. The predicted octanol–water partition coefficient (Wildman–Crippen LogP) is 3.87. The Morgan fingerprint density at radius 3 is 2.87 bits per heavy atom. The first-order valence-corrected chi connectivity index (χ1v) is 7.16. The first-order valence-electron chi connectivity index (χ1n) is 3.72. The second-order valence-corrected chi connectivity index (χ2v) is 6.55. The second kappa shape index (κ2) is 5.25. The summed E-state index contributed by atoms with van der Waals surface area (Å²) < 4.78 is 29.7. The van der Waals surface area contributed by atoms with Gasteiger partial charge in [0.1, 0.15) is 5.75 Å². The van der Waals surface area contributed by atoms with Gasteiger partial charge in [0, 0.05) is 20.9 Å². The number of hydrogen-bond acceptors (Lipinski definition) is 3. The Bertz CT molecular complexity index is 390. The molecule has 0 N–H and O–H groups in total. The molecule has 0 fully saturated rings. The van der Waals surface area contributed by atoms with Gasteiger partial charge in [0.05, 0.1) is 5.69 Å². The SMILES string of the molecule is O=C=Nc1cccc(OCS(F)(F)Br)c1. The Hall–Kier alpha value is -0.910. The fraction of sp³-hybridized carbons (Fsp3) is 0.125. The van der Waals surface area contributed by atoms with Gasteiger partial charge in [0.2, 0.25) is 6.08 Å². The molecular weight excluding hydrogens is 292 g/mol. The summed E-state index contributed by atoms with van der Waals surface area (Å²) in [7, 11) is -3.87. The van der Waals surface area contributed by atoms with Crippen LogP contribution in [0.2, 0.25) is 0 Å². The molecule has 0 unspecified atom stereocenters. The van der Waals surface area contributed by atoms with E-state index in [1.165, 1.54) is 24.3 Å². The molecular formula is C8H6BrF2NO2S. The minimum atomic E-state index is -3.87. The van der Waals surface area contributed by atoms with E-state index in [-0.39, 0.29) is 5.75 Å². The van der Waals surface area contributed by atoms with Crippen LogP contribution in [0.25, 0.3) is 0 Å². The molecule has 3 nitrogen and oxygen atoms in total. The molecule has 0 saturated carbocycles. The maximum Gasteiger partial charge on any atom is 0.240 e. The Kier molecular flexibility index (Phi) is 4.26. The quantitative estimate of drug-likeness (QED) is 0.625. The Balaban J connectivity index is 2.70. The zero-order valence-corrected chi connectivity index (χ0v) is 9.72. The van der Waals surface area contributed by atoms with Crippen molar-refractivity contribution >= 4 is 35.8 Å².